The average Bonchev–Trinajstić information content (AvgIpc) is 2.81. The van der Waals surface area contributed by atoms with Crippen LogP contribution in [0.15, 0.2) is 24.3 Å². The number of fused-ring (bicyclic) bond motifs is 1. The molecule has 2 heterocycles. The molecule has 0 saturated heterocycles. The molecular weight excluding hydrogens is 286 g/mol. The van der Waals surface area contributed by atoms with Gasteiger partial charge in [-0.05, 0) is 35.9 Å². The summed E-state index contributed by atoms with van der Waals surface area (Å²) in [6.45, 7) is 0. The van der Waals surface area contributed by atoms with Gasteiger partial charge in [0.15, 0.2) is 0 Å². The van der Waals surface area contributed by atoms with E-state index >= 15 is 0 Å². The first kappa shape index (κ1) is 12.8. The summed E-state index contributed by atoms with van der Waals surface area (Å²) in [4.78, 5) is 14.0. The Balaban J connectivity index is 1.97. The summed E-state index contributed by atoms with van der Waals surface area (Å²) in [5, 5.41) is 0. The molecule has 0 atom stereocenters. The van der Waals surface area contributed by atoms with Gasteiger partial charge in [-0.3, -0.25) is 4.79 Å². The highest BCUT2D eigenvalue weighted by molar-refractivity contribution is 7.98. The fourth-order valence-corrected chi connectivity index (χ4v) is 4.39. The number of hydrogen-bond acceptors (Lipinski definition) is 3. The van der Waals surface area contributed by atoms with E-state index < -0.39 is 11.6 Å². The van der Waals surface area contributed by atoms with Gasteiger partial charge in [-0.15, -0.1) is 11.3 Å². The SMILES string of the molecule is O=C(c1cc2c(s1)CCSC2)c1ccc(F)cc1F. The Hall–Kier alpha value is -1.20. The van der Waals surface area contributed by atoms with Gasteiger partial charge < -0.3 is 0 Å². The van der Waals surface area contributed by atoms with Crippen LogP contribution >= 0.6 is 23.1 Å². The third kappa shape index (κ3) is 2.44. The smallest absolute Gasteiger partial charge is 0.205 e. The normalized spacial score (nSPS) is 14.2. The third-order valence-corrected chi connectivity index (χ3v) is 5.27. The van der Waals surface area contributed by atoms with Crippen molar-refractivity contribution in [3.8, 4) is 0 Å². The quantitative estimate of drug-likeness (QED) is 0.778. The lowest BCUT2D eigenvalue weighted by Crippen LogP contribution is -2.02. The molecule has 1 aromatic heterocycles. The molecule has 5 heteroatoms. The Labute approximate surface area is 117 Å². The van der Waals surface area contributed by atoms with Gasteiger partial charge in [-0.25, -0.2) is 8.78 Å². The highest BCUT2D eigenvalue weighted by Gasteiger charge is 2.20. The van der Waals surface area contributed by atoms with E-state index in [1.165, 1.54) is 27.8 Å². The maximum Gasteiger partial charge on any atom is 0.205 e. The number of thioether (sulfide) groups is 1. The fraction of sp³-hybridized carbons (Fsp3) is 0.214. The molecule has 0 fully saturated rings. The number of halogens is 2. The van der Waals surface area contributed by atoms with E-state index in [0.29, 0.717) is 4.88 Å². The molecule has 3 rings (SSSR count). The first-order valence-electron chi connectivity index (χ1n) is 5.84. The molecule has 0 bridgehead atoms. The monoisotopic (exact) mass is 296 g/mol. The second-order valence-electron chi connectivity index (χ2n) is 4.31. The summed E-state index contributed by atoms with van der Waals surface area (Å²) in [5.74, 6) is 0.139. The number of hydrogen-bond donors (Lipinski definition) is 0. The van der Waals surface area contributed by atoms with Gasteiger partial charge in [-0.2, -0.15) is 11.8 Å². The van der Waals surface area contributed by atoms with E-state index in [1.54, 1.807) is 0 Å². The number of carbonyl (C=O) groups is 1. The zero-order valence-corrected chi connectivity index (χ0v) is 11.5. The molecular formula is C14H10F2OS2. The van der Waals surface area contributed by atoms with Gasteiger partial charge in [0, 0.05) is 16.7 Å². The Kier molecular flexibility index (Phi) is 3.41. The van der Waals surface area contributed by atoms with Crippen LogP contribution in [0.1, 0.15) is 25.7 Å². The largest absolute Gasteiger partial charge is 0.288 e. The van der Waals surface area contributed by atoms with E-state index in [4.69, 9.17) is 0 Å². The number of carbonyl (C=O) groups excluding carboxylic acids is 1. The van der Waals surface area contributed by atoms with Crippen LogP contribution in [0.3, 0.4) is 0 Å². The van der Waals surface area contributed by atoms with Crippen LogP contribution in [0.25, 0.3) is 0 Å². The molecule has 1 nitrogen and oxygen atoms in total. The Bertz CT molecular complexity index is 625. The molecule has 98 valence electrons. The molecule has 0 radical (unpaired) electrons. The van der Waals surface area contributed by atoms with E-state index in [-0.39, 0.29) is 11.3 Å². The summed E-state index contributed by atoms with van der Waals surface area (Å²) >= 11 is 3.26. The topological polar surface area (TPSA) is 17.1 Å². The second-order valence-corrected chi connectivity index (χ2v) is 6.56. The minimum atomic E-state index is -0.800. The van der Waals surface area contributed by atoms with Crippen LogP contribution in [0.5, 0.6) is 0 Å². The van der Waals surface area contributed by atoms with Crippen molar-refractivity contribution in [2.24, 2.45) is 0 Å². The summed E-state index contributed by atoms with van der Waals surface area (Å²) in [7, 11) is 0. The maximum absolute atomic E-state index is 13.6. The zero-order valence-electron chi connectivity index (χ0n) is 9.91. The Morgan fingerprint density at radius 2 is 2.05 bits per heavy atom. The first-order valence-corrected chi connectivity index (χ1v) is 7.81. The van der Waals surface area contributed by atoms with Crippen molar-refractivity contribution in [3.63, 3.8) is 0 Å². The second kappa shape index (κ2) is 5.06. The molecule has 0 amide bonds. The standard InChI is InChI=1S/C14H10F2OS2/c15-9-1-2-10(11(16)6-9)14(17)13-5-8-7-18-4-3-12(8)19-13/h1-2,5-6H,3-4,7H2. The van der Waals surface area contributed by atoms with Gasteiger partial charge in [0.25, 0.3) is 0 Å². The summed E-state index contributed by atoms with van der Waals surface area (Å²) in [6, 6.07) is 4.91. The van der Waals surface area contributed by atoms with Crippen LogP contribution in [-0.4, -0.2) is 11.5 Å². The van der Waals surface area contributed by atoms with Crippen molar-refractivity contribution < 1.29 is 13.6 Å². The molecule has 1 aliphatic heterocycles. The zero-order chi connectivity index (χ0) is 13.4. The van der Waals surface area contributed by atoms with Crippen LogP contribution in [-0.2, 0) is 12.2 Å². The third-order valence-electron chi connectivity index (χ3n) is 3.03. The van der Waals surface area contributed by atoms with Crippen LogP contribution < -0.4 is 0 Å². The molecule has 19 heavy (non-hydrogen) atoms. The van der Waals surface area contributed by atoms with Crippen molar-refractivity contribution in [1.82, 2.24) is 0 Å². The summed E-state index contributed by atoms with van der Waals surface area (Å²) < 4.78 is 26.5. The molecule has 1 aromatic carbocycles. The van der Waals surface area contributed by atoms with Crippen molar-refractivity contribution in [1.29, 1.82) is 0 Å². The molecule has 0 spiro atoms. The van der Waals surface area contributed by atoms with Gasteiger partial charge in [0.05, 0.1) is 10.4 Å². The lowest BCUT2D eigenvalue weighted by atomic mass is 10.1. The number of aryl methyl sites for hydroxylation is 1. The fourth-order valence-electron chi connectivity index (χ4n) is 2.07. The minimum Gasteiger partial charge on any atom is -0.288 e. The molecule has 0 aliphatic carbocycles. The van der Waals surface area contributed by atoms with Crippen LogP contribution in [0, 0.1) is 11.6 Å². The lowest BCUT2D eigenvalue weighted by Gasteiger charge is -2.08. The highest BCUT2D eigenvalue weighted by Crippen LogP contribution is 2.33. The van der Waals surface area contributed by atoms with Crippen molar-refractivity contribution >= 4 is 28.9 Å². The average molecular weight is 296 g/mol. The van der Waals surface area contributed by atoms with Crippen molar-refractivity contribution in [2.75, 3.05) is 5.75 Å². The predicted molar refractivity (Wildman–Crippen MR) is 74.0 cm³/mol. The Morgan fingerprint density at radius 1 is 1.21 bits per heavy atom. The van der Waals surface area contributed by atoms with Crippen molar-refractivity contribution in [2.45, 2.75) is 12.2 Å². The number of rotatable bonds is 2. The van der Waals surface area contributed by atoms with Gasteiger partial charge in [0.2, 0.25) is 5.78 Å². The maximum atomic E-state index is 13.6. The number of ketones is 1. The molecule has 1 aliphatic rings. The summed E-state index contributed by atoms with van der Waals surface area (Å²) in [6.07, 6.45) is 0.962. The number of benzene rings is 1. The van der Waals surface area contributed by atoms with E-state index in [9.17, 15) is 13.6 Å². The van der Waals surface area contributed by atoms with Gasteiger partial charge >= 0.3 is 0 Å². The minimum absolute atomic E-state index is 0.0624. The molecule has 0 unspecified atom stereocenters. The lowest BCUT2D eigenvalue weighted by molar-refractivity contribution is 0.103. The van der Waals surface area contributed by atoms with Gasteiger partial charge in [0.1, 0.15) is 11.6 Å². The van der Waals surface area contributed by atoms with E-state index in [0.717, 1.165) is 30.1 Å². The Morgan fingerprint density at radius 3 is 2.79 bits per heavy atom. The van der Waals surface area contributed by atoms with Crippen LogP contribution in [0.2, 0.25) is 0 Å². The van der Waals surface area contributed by atoms with Crippen LogP contribution in [0.4, 0.5) is 8.78 Å². The molecule has 2 aromatic rings. The predicted octanol–water partition coefficient (Wildman–Crippen LogP) is 4.05. The number of thiophene rings is 1. The molecule has 0 N–H and O–H groups in total. The summed E-state index contributed by atoms with van der Waals surface area (Å²) in [5.41, 5.74) is 1.11. The van der Waals surface area contributed by atoms with E-state index in [1.807, 2.05) is 17.8 Å². The van der Waals surface area contributed by atoms with E-state index in [2.05, 4.69) is 0 Å². The molecule has 0 saturated carbocycles. The first-order chi connectivity index (χ1) is 9.15. The van der Waals surface area contributed by atoms with Crippen molar-refractivity contribution in [3.05, 3.63) is 56.8 Å². The van der Waals surface area contributed by atoms with Gasteiger partial charge in [-0.1, -0.05) is 0 Å². The highest BCUT2D eigenvalue weighted by atomic mass is 32.2.